The van der Waals surface area contributed by atoms with Crippen molar-refractivity contribution in [2.75, 3.05) is 38.7 Å². The van der Waals surface area contributed by atoms with Gasteiger partial charge in [-0.3, -0.25) is 9.59 Å². The quantitative estimate of drug-likeness (QED) is 0.742. The zero-order valence-corrected chi connectivity index (χ0v) is 18.3. The molecule has 2 aromatic rings. The van der Waals surface area contributed by atoms with Crippen LogP contribution < -0.4 is 15.0 Å². The van der Waals surface area contributed by atoms with Crippen LogP contribution in [-0.2, 0) is 0 Å². The molecule has 2 amide bonds. The Balaban J connectivity index is 1.28. The van der Waals surface area contributed by atoms with Crippen LogP contribution in [0.5, 0.6) is 5.75 Å². The Kier molecular flexibility index (Phi) is 6.44. The number of piperidine rings is 1. The Morgan fingerprint density at radius 1 is 1.00 bits per heavy atom. The highest BCUT2D eigenvalue weighted by molar-refractivity contribution is 5.95. The van der Waals surface area contributed by atoms with Crippen LogP contribution in [0, 0.1) is 5.92 Å². The second-order valence-corrected chi connectivity index (χ2v) is 8.78. The predicted molar refractivity (Wildman–Crippen MR) is 122 cm³/mol. The van der Waals surface area contributed by atoms with Crippen LogP contribution in [0.25, 0.3) is 0 Å². The van der Waals surface area contributed by atoms with E-state index >= 15 is 0 Å². The van der Waals surface area contributed by atoms with Crippen LogP contribution in [0.15, 0.2) is 48.5 Å². The number of hydrogen-bond acceptors (Lipinski definition) is 4. The normalized spacial score (nSPS) is 18.4. The van der Waals surface area contributed by atoms with Crippen molar-refractivity contribution in [3.8, 4) is 5.75 Å². The number of hydrogen-bond donors (Lipinski definition) is 1. The smallest absolute Gasteiger partial charge is 0.253 e. The molecule has 1 heterocycles. The van der Waals surface area contributed by atoms with Gasteiger partial charge in [0.25, 0.3) is 11.8 Å². The van der Waals surface area contributed by atoms with Gasteiger partial charge in [-0.1, -0.05) is 0 Å². The van der Waals surface area contributed by atoms with Gasteiger partial charge in [-0.05, 0) is 74.2 Å². The summed E-state index contributed by atoms with van der Waals surface area (Å²) < 4.78 is 5.97. The Labute approximate surface area is 184 Å². The number of carbonyl (C=O) groups excluding carboxylic acids is 2. The van der Waals surface area contributed by atoms with Crippen molar-refractivity contribution in [1.29, 1.82) is 0 Å². The molecule has 0 bridgehead atoms. The van der Waals surface area contributed by atoms with E-state index < -0.39 is 0 Å². The van der Waals surface area contributed by atoms with E-state index in [1.165, 1.54) is 0 Å². The van der Waals surface area contributed by atoms with E-state index in [1.54, 1.807) is 12.1 Å². The minimum Gasteiger partial charge on any atom is -0.493 e. The average Bonchev–Trinajstić information content (AvgIpc) is 3.62. The minimum absolute atomic E-state index is 0.0194. The lowest BCUT2D eigenvalue weighted by Gasteiger charge is -2.32. The number of carbonyl (C=O) groups is 2. The molecule has 1 atom stereocenters. The number of nitrogens with zero attached hydrogens (tertiary/aromatic N) is 2. The highest BCUT2D eigenvalue weighted by Crippen LogP contribution is 2.23. The van der Waals surface area contributed by atoms with Crippen LogP contribution in [0.1, 0.15) is 46.4 Å². The third kappa shape index (κ3) is 5.57. The van der Waals surface area contributed by atoms with Gasteiger partial charge in [-0.25, -0.2) is 0 Å². The molecule has 164 valence electrons. The third-order valence-corrected chi connectivity index (χ3v) is 5.95. The van der Waals surface area contributed by atoms with Crippen molar-refractivity contribution in [2.45, 2.75) is 31.7 Å². The molecule has 4 rings (SSSR count). The molecule has 0 aromatic heterocycles. The standard InChI is InChI=1S/C25H31N3O3/c1-27(2)22-11-5-20(6-12-22)25(30)28-15-3-4-18(16-28)17-31-23-13-7-19(8-14-23)24(29)26-21-9-10-21/h5-8,11-14,18,21H,3-4,9-10,15-17H2,1-2H3,(H,26,29). The molecule has 6 nitrogen and oxygen atoms in total. The van der Waals surface area contributed by atoms with E-state index in [4.69, 9.17) is 4.74 Å². The first kappa shape index (κ1) is 21.2. The molecule has 0 spiro atoms. The summed E-state index contributed by atoms with van der Waals surface area (Å²) in [5.41, 5.74) is 2.47. The van der Waals surface area contributed by atoms with Crippen molar-refractivity contribution < 1.29 is 14.3 Å². The molecule has 1 saturated carbocycles. The van der Waals surface area contributed by atoms with Gasteiger partial charge in [-0.15, -0.1) is 0 Å². The Hall–Kier alpha value is -3.02. The zero-order valence-electron chi connectivity index (χ0n) is 18.3. The number of rotatable bonds is 7. The lowest BCUT2D eigenvalue weighted by Crippen LogP contribution is -2.41. The highest BCUT2D eigenvalue weighted by atomic mass is 16.5. The maximum Gasteiger partial charge on any atom is 0.253 e. The first-order chi connectivity index (χ1) is 15.0. The summed E-state index contributed by atoms with van der Waals surface area (Å²) in [6.07, 6.45) is 4.19. The molecule has 31 heavy (non-hydrogen) atoms. The Morgan fingerprint density at radius 2 is 1.68 bits per heavy atom. The monoisotopic (exact) mass is 421 g/mol. The predicted octanol–water partition coefficient (Wildman–Crippen LogP) is 3.58. The van der Waals surface area contributed by atoms with Crippen LogP contribution in [0.2, 0.25) is 0 Å². The summed E-state index contributed by atoms with van der Waals surface area (Å²) in [6.45, 7) is 2.06. The summed E-state index contributed by atoms with van der Waals surface area (Å²) in [7, 11) is 3.98. The van der Waals surface area contributed by atoms with Crippen molar-refractivity contribution in [3.05, 3.63) is 59.7 Å². The fraction of sp³-hybridized carbons (Fsp3) is 0.440. The van der Waals surface area contributed by atoms with Crippen LogP contribution in [-0.4, -0.2) is 56.5 Å². The summed E-state index contributed by atoms with van der Waals surface area (Å²) in [6, 6.07) is 15.4. The fourth-order valence-electron chi connectivity index (χ4n) is 3.88. The third-order valence-electron chi connectivity index (χ3n) is 5.95. The van der Waals surface area contributed by atoms with E-state index in [0.717, 1.165) is 49.2 Å². The second kappa shape index (κ2) is 9.41. The molecule has 2 fully saturated rings. The molecular weight excluding hydrogens is 390 g/mol. The molecule has 1 N–H and O–H groups in total. The molecule has 1 aliphatic heterocycles. The maximum absolute atomic E-state index is 12.9. The molecule has 1 aliphatic carbocycles. The average molecular weight is 422 g/mol. The van der Waals surface area contributed by atoms with E-state index in [1.807, 2.05) is 60.3 Å². The SMILES string of the molecule is CN(C)c1ccc(C(=O)N2CCCC(COc3ccc(C(=O)NC4CC4)cc3)C2)cc1. The van der Waals surface area contributed by atoms with Gasteiger partial charge in [0, 0.05) is 56.0 Å². The van der Waals surface area contributed by atoms with E-state index in [0.29, 0.717) is 30.7 Å². The van der Waals surface area contributed by atoms with Gasteiger partial charge in [0.05, 0.1) is 6.61 Å². The first-order valence-electron chi connectivity index (χ1n) is 11.1. The number of ether oxygens (including phenoxy) is 1. The minimum atomic E-state index is -0.0194. The van der Waals surface area contributed by atoms with Crippen LogP contribution in [0.4, 0.5) is 5.69 Å². The topological polar surface area (TPSA) is 61.9 Å². The fourth-order valence-corrected chi connectivity index (χ4v) is 3.88. The van der Waals surface area contributed by atoms with Crippen molar-refractivity contribution >= 4 is 17.5 Å². The van der Waals surface area contributed by atoms with Gasteiger partial charge >= 0.3 is 0 Å². The van der Waals surface area contributed by atoms with Crippen LogP contribution in [0.3, 0.4) is 0 Å². The molecule has 0 radical (unpaired) electrons. The van der Waals surface area contributed by atoms with E-state index in [9.17, 15) is 9.59 Å². The summed E-state index contributed by atoms with van der Waals surface area (Å²) in [4.78, 5) is 29.0. The van der Waals surface area contributed by atoms with Gasteiger partial charge in [0.1, 0.15) is 5.75 Å². The van der Waals surface area contributed by atoms with Crippen molar-refractivity contribution in [3.63, 3.8) is 0 Å². The number of amides is 2. The number of likely N-dealkylation sites (tertiary alicyclic amines) is 1. The summed E-state index contributed by atoms with van der Waals surface area (Å²) >= 11 is 0. The van der Waals surface area contributed by atoms with Gasteiger partial charge in [0.15, 0.2) is 0 Å². The van der Waals surface area contributed by atoms with E-state index in [2.05, 4.69) is 5.32 Å². The number of nitrogens with one attached hydrogen (secondary N) is 1. The lowest BCUT2D eigenvalue weighted by atomic mass is 9.98. The first-order valence-corrected chi connectivity index (χ1v) is 11.1. The molecule has 2 aromatic carbocycles. The molecule has 1 unspecified atom stereocenters. The van der Waals surface area contributed by atoms with Crippen molar-refractivity contribution in [2.24, 2.45) is 5.92 Å². The van der Waals surface area contributed by atoms with Crippen molar-refractivity contribution in [1.82, 2.24) is 10.2 Å². The lowest BCUT2D eigenvalue weighted by molar-refractivity contribution is 0.0633. The largest absolute Gasteiger partial charge is 0.493 e. The highest BCUT2D eigenvalue weighted by Gasteiger charge is 2.25. The van der Waals surface area contributed by atoms with Gasteiger partial charge in [0.2, 0.25) is 0 Å². The number of anilines is 1. The van der Waals surface area contributed by atoms with E-state index in [-0.39, 0.29) is 11.8 Å². The zero-order chi connectivity index (χ0) is 21.8. The van der Waals surface area contributed by atoms with Gasteiger partial charge in [-0.2, -0.15) is 0 Å². The molecule has 1 saturated heterocycles. The molecule has 2 aliphatic rings. The Morgan fingerprint density at radius 3 is 2.32 bits per heavy atom. The second-order valence-electron chi connectivity index (χ2n) is 8.78. The maximum atomic E-state index is 12.9. The number of benzene rings is 2. The summed E-state index contributed by atoms with van der Waals surface area (Å²) in [5.74, 6) is 1.12. The van der Waals surface area contributed by atoms with Crippen LogP contribution >= 0.6 is 0 Å². The summed E-state index contributed by atoms with van der Waals surface area (Å²) in [5, 5.41) is 2.99. The molecular formula is C25H31N3O3. The Bertz CT molecular complexity index is 905. The van der Waals surface area contributed by atoms with Gasteiger partial charge < -0.3 is 19.9 Å². The molecule has 6 heteroatoms.